The molecule has 0 radical (unpaired) electrons. The highest BCUT2D eigenvalue weighted by Crippen LogP contribution is 2.30. The minimum atomic E-state index is -0.187. The fraction of sp³-hybridized carbons (Fsp3) is 0.533. The quantitative estimate of drug-likeness (QED) is 0.857. The van der Waals surface area contributed by atoms with Gasteiger partial charge in [0.2, 0.25) is 5.91 Å². The molecule has 1 heterocycles. The Morgan fingerprint density at radius 2 is 1.83 bits per heavy atom. The van der Waals surface area contributed by atoms with Gasteiger partial charge in [-0.2, -0.15) is 0 Å². The molecular weight excluding hydrogens is 224 g/mol. The van der Waals surface area contributed by atoms with E-state index < -0.39 is 0 Å². The first-order valence-corrected chi connectivity index (χ1v) is 6.72. The van der Waals surface area contributed by atoms with Crippen molar-refractivity contribution in [1.82, 2.24) is 10.6 Å². The number of carbonyl (C=O) groups is 1. The van der Waals surface area contributed by atoms with Crippen LogP contribution in [-0.4, -0.2) is 19.0 Å². The molecule has 0 bridgehead atoms. The molecule has 0 spiro atoms. The predicted octanol–water partition coefficient (Wildman–Crippen LogP) is 2.04. The van der Waals surface area contributed by atoms with E-state index in [9.17, 15) is 4.79 Å². The van der Waals surface area contributed by atoms with Gasteiger partial charge < -0.3 is 10.6 Å². The Labute approximate surface area is 109 Å². The Kier molecular flexibility index (Phi) is 4.02. The van der Waals surface area contributed by atoms with Crippen molar-refractivity contribution in [2.75, 3.05) is 13.1 Å². The molecule has 0 saturated carbocycles. The number of hydrogen-bond acceptors (Lipinski definition) is 2. The molecule has 0 unspecified atom stereocenters. The van der Waals surface area contributed by atoms with Crippen LogP contribution in [0.3, 0.4) is 0 Å². The van der Waals surface area contributed by atoms with Crippen LogP contribution in [-0.2, 0) is 10.3 Å². The zero-order valence-electron chi connectivity index (χ0n) is 11.2. The molecule has 1 aliphatic rings. The van der Waals surface area contributed by atoms with Crippen LogP contribution in [0.2, 0.25) is 0 Å². The van der Waals surface area contributed by atoms with Crippen molar-refractivity contribution in [2.45, 2.75) is 32.2 Å². The number of amides is 1. The fourth-order valence-electron chi connectivity index (χ4n) is 2.48. The van der Waals surface area contributed by atoms with E-state index >= 15 is 0 Å². The molecular formula is C15H22N2O. The molecule has 1 aromatic rings. The van der Waals surface area contributed by atoms with Gasteiger partial charge in [0.1, 0.15) is 0 Å². The molecule has 18 heavy (non-hydrogen) atoms. The van der Waals surface area contributed by atoms with Crippen LogP contribution < -0.4 is 10.6 Å². The summed E-state index contributed by atoms with van der Waals surface area (Å²) < 4.78 is 0. The summed E-state index contributed by atoms with van der Waals surface area (Å²) >= 11 is 0. The van der Waals surface area contributed by atoms with Crippen molar-refractivity contribution in [3.8, 4) is 0 Å². The molecule has 1 aliphatic heterocycles. The van der Waals surface area contributed by atoms with Crippen LogP contribution >= 0.6 is 0 Å². The molecule has 2 N–H and O–H groups in total. The largest absolute Gasteiger partial charge is 0.346 e. The Morgan fingerprint density at radius 1 is 1.22 bits per heavy atom. The zero-order chi connectivity index (χ0) is 13.0. The lowest BCUT2D eigenvalue weighted by atomic mass is 9.81. The van der Waals surface area contributed by atoms with Gasteiger partial charge in [0.05, 0.1) is 5.54 Å². The smallest absolute Gasteiger partial charge is 0.223 e. The van der Waals surface area contributed by atoms with Crippen LogP contribution in [0.1, 0.15) is 32.3 Å². The molecule has 98 valence electrons. The molecule has 0 atom stereocenters. The van der Waals surface area contributed by atoms with Crippen LogP contribution in [0.5, 0.6) is 0 Å². The van der Waals surface area contributed by atoms with Gasteiger partial charge in [0.25, 0.3) is 0 Å². The average Bonchev–Trinajstić information content (AvgIpc) is 2.40. The lowest BCUT2D eigenvalue weighted by Crippen LogP contribution is -2.53. The number of benzene rings is 1. The minimum absolute atomic E-state index is 0.0282. The maximum absolute atomic E-state index is 12.1. The molecule has 1 aromatic carbocycles. The summed E-state index contributed by atoms with van der Waals surface area (Å²) in [5.74, 6) is 0.168. The zero-order valence-corrected chi connectivity index (χ0v) is 11.2. The Morgan fingerprint density at radius 3 is 2.39 bits per heavy atom. The molecule has 0 aromatic heterocycles. The Bertz CT molecular complexity index is 394. The van der Waals surface area contributed by atoms with Crippen molar-refractivity contribution in [2.24, 2.45) is 5.92 Å². The summed E-state index contributed by atoms with van der Waals surface area (Å²) in [4.78, 5) is 12.1. The number of piperidine rings is 1. The van der Waals surface area contributed by atoms with E-state index in [4.69, 9.17) is 0 Å². The number of carbonyl (C=O) groups excluding carboxylic acids is 1. The lowest BCUT2D eigenvalue weighted by molar-refractivity contribution is -0.126. The summed E-state index contributed by atoms with van der Waals surface area (Å²) in [7, 11) is 0. The van der Waals surface area contributed by atoms with Gasteiger partial charge in [-0.3, -0.25) is 4.79 Å². The van der Waals surface area contributed by atoms with Gasteiger partial charge in [0.15, 0.2) is 0 Å². The SMILES string of the molecule is CC(C)C(=O)NC1(c2ccccc2)CCNCC1. The average molecular weight is 246 g/mol. The van der Waals surface area contributed by atoms with Gasteiger partial charge in [0, 0.05) is 5.92 Å². The number of hydrogen-bond donors (Lipinski definition) is 2. The Balaban J connectivity index is 2.26. The lowest BCUT2D eigenvalue weighted by Gasteiger charge is -2.39. The first-order valence-electron chi connectivity index (χ1n) is 6.72. The van der Waals surface area contributed by atoms with Crippen molar-refractivity contribution in [3.63, 3.8) is 0 Å². The van der Waals surface area contributed by atoms with Gasteiger partial charge >= 0.3 is 0 Å². The second-order valence-corrected chi connectivity index (χ2v) is 5.34. The van der Waals surface area contributed by atoms with E-state index in [1.54, 1.807) is 0 Å². The Hall–Kier alpha value is -1.35. The van der Waals surface area contributed by atoms with E-state index in [0.717, 1.165) is 25.9 Å². The summed E-state index contributed by atoms with van der Waals surface area (Å²) in [6, 6.07) is 10.3. The highest BCUT2D eigenvalue weighted by atomic mass is 16.2. The fourth-order valence-corrected chi connectivity index (χ4v) is 2.48. The molecule has 1 fully saturated rings. The molecule has 1 saturated heterocycles. The first-order chi connectivity index (χ1) is 8.64. The summed E-state index contributed by atoms with van der Waals surface area (Å²) in [6.45, 7) is 5.78. The molecule has 1 amide bonds. The summed E-state index contributed by atoms with van der Waals surface area (Å²) in [5.41, 5.74) is 1.04. The predicted molar refractivity (Wildman–Crippen MR) is 73.2 cm³/mol. The van der Waals surface area contributed by atoms with Crippen LogP contribution in [0, 0.1) is 5.92 Å². The van der Waals surface area contributed by atoms with Gasteiger partial charge in [-0.15, -0.1) is 0 Å². The maximum atomic E-state index is 12.1. The van der Waals surface area contributed by atoms with Crippen molar-refractivity contribution >= 4 is 5.91 Å². The molecule has 3 nitrogen and oxygen atoms in total. The third kappa shape index (κ3) is 2.72. The molecule has 2 rings (SSSR count). The second kappa shape index (κ2) is 5.53. The van der Waals surface area contributed by atoms with Crippen LogP contribution in [0.15, 0.2) is 30.3 Å². The van der Waals surface area contributed by atoms with E-state index in [1.165, 1.54) is 5.56 Å². The van der Waals surface area contributed by atoms with Crippen molar-refractivity contribution in [3.05, 3.63) is 35.9 Å². The number of rotatable bonds is 3. The third-order valence-electron chi connectivity index (χ3n) is 3.67. The van der Waals surface area contributed by atoms with E-state index in [1.807, 2.05) is 32.0 Å². The monoisotopic (exact) mass is 246 g/mol. The van der Waals surface area contributed by atoms with E-state index in [0.29, 0.717) is 0 Å². The second-order valence-electron chi connectivity index (χ2n) is 5.34. The van der Waals surface area contributed by atoms with Gasteiger partial charge in [-0.25, -0.2) is 0 Å². The van der Waals surface area contributed by atoms with E-state index in [2.05, 4.69) is 22.8 Å². The van der Waals surface area contributed by atoms with Gasteiger partial charge in [-0.05, 0) is 31.5 Å². The normalized spacial score (nSPS) is 18.6. The molecule has 3 heteroatoms. The van der Waals surface area contributed by atoms with Gasteiger partial charge in [-0.1, -0.05) is 44.2 Å². The summed E-state index contributed by atoms with van der Waals surface area (Å²) in [6.07, 6.45) is 1.91. The number of nitrogens with one attached hydrogen (secondary N) is 2. The summed E-state index contributed by atoms with van der Waals surface area (Å²) in [5, 5.41) is 6.63. The first kappa shape index (κ1) is 13.1. The standard InChI is InChI=1S/C15H22N2O/c1-12(2)14(18)17-15(8-10-16-11-9-15)13-6-4-3-5-7-13/h3-7,12,16H,8-11H2,1-2H3,(H,17,18). The molecule has 0 aliphatic carbocycles. The highest BCUT2D eigenvalue weighted by molar-refractivity contribution is 5.79. The highest BCUT2D eigenvalue weighted by Gasteiger charge is 2.35. The van der Waals surface area contributed by atoms with Crippen LogP contribution in [0.25, 0.3) is 0 Å². The topological polar surface area (TPSA) is 41.1 Å². The van der Waals surface area contributed by atoms with E-state index in [-0.39, 0.29) is 17.4 Å². The van der Waals surface area contributed by atoms with Crippen LogP contribution in [0.4, 0.5) is 0 Å². The minimum Gasteiger partial charge on any atom is -0.346 e. The third-order valence-corrected chi connectivity index (χ3v) is 3.67. The van der Waals surface area contributed by atoms with Crippen molar-refractivity contribution < 1.29 is 4.79 Å². The van der Waals surface area contributed by atoms with Crippen molar-refractivity contribution in [1.29, 1.82) is 0 Å². The maximum Gasteiger partial charge on any atom is 0.223 e.